The van der Waals surface area contributed by atoms with Gasteiger partial charge in [0.25, 0.3) is 12.3 Å². The van der Waals surface area contributed by atoms with E-state index in [1.807, 2.05) is 0 Å². The van der Waals surface area contributed by atoms with Crippen molar-refractivity contribution in [3.05, 3.63) is 0 Å². The van der Waals surface area contributed by atoms with Crippen molar-refractivity contribution >= 4 is 20.1 Å². The zero-order valence-electron chi connectivity index (χ0n) is 7.71. The van der Waals surface area contributed by atoms with Gasteiger partial charge >= 0.3 is 88.7 Å². The van der Waals surface area contributed by atoms with Crippen LogP contribution < -0.4 is 104 Å². The molecule has 0 amide bonds. The van der Waals surface area contributed by atoms with Crippen molar-refractivity contribution < 1.29 is 127 Å². The Morgan fingerprint density at radius 1 is 0.929 bits per heavy atom. The summed E-state index contributed by atoms with van der Waals surface area (Å²) in [6.45, 7) is 0. The Bertz CT molecular complexity index is 209. The van der Waals surface area contributed by atoms with Crippen LogP contribution in [-0.2, 0) is 13.6 Å². The van der Waals surface area contributed by atoms with Gasteiger partial charge in [0.05, 0.1) is 0 Å². The minimum absolute atomic E-state index is 0. The van der Waals surface area contributed by atoms with Crippen LogP contribution in [0.4, 0.5) is 9.59 Å². The van der Waals surface area contributed by atoms with Gasteiger partial charge in [-0.25, -0.2) is 0 Å². The van der Waals surface area contributed by atoms with Crippen molar-refractivity contribution in [1.29, 1.82) is 0 Å². The third-order valence-corrected chi connectivity index (χ3v) is 1.12. The number of phosphoric ester groups is 1. The molecular formula is C2Na3O8P. The van der Waals surface area contributed by atoms with Gasteiger partial charge in [-0.3, -0.25) is 4.57 Å². The molecule has 0 aromatic heterocycles. The first kappa shape index (κ1) is 24.8. The van der Waals surface area contributed by atoms with Crippen molar-refractivity contribution in [3.63, 3.8) is 0 Å². The van der Waals surface area contributed by atoms with Crippen molar-refractivity contribution in [3.8, 4) is 0 Å². The molecular weight excluding hydrogens is 252 g/mol. The normalized spacial score (nSPS) is 8.07. The van der Waals surface area contributed by atoms with Crippen molar-refractivity contribution in [2.24, 2.45) is 0 Å². The molecule has 0 aromatic carbocycles. The number of hydrogen-bond donors (Lipinski definition) is 0. The first-order chi connectivity index (χ1) is 4.83. The summed E-state index contributed by atoms with van der Waals surface area (Å²) in [5.41, 5.74) is 0. The molecule has 0 bridgehead atoms. The summed E-state index contributed by atoms with van der Waals surface area (Å²) < 4.78 is 15.8. The van der Waals surface area contributed by atoms with Gasteiger partial charge in [-0.2, -0.15) is 0 Å². The molecule has 64 valence electrons. The van der Waals surface area contributed by atoms with Gasteiger partial charge in [0.2, 0.25) is 7.82 Å². The molecule has 0 atom stereocenters. The zero-order valence-corrected chi connectivity index (χ0v) is 14.6. The molecule has 8 nitrogen and oxygen atoms in total. The Balaban J connectivity index is -0.000000167. The van der Waals surface area contributed by atoms with Crippen molar-refractivity contribution in [1.82, 2.24) is 0 Å². The summed E-state index contributed by atoms with van der Waals surface area (Å²) in [6, 6.07) is 0. The minimum Gasteiger partial charge on any atom is -0.767 e. The summed E-state index contributed by atoms with van der Waals surface area (Å²) in [5.74, 6) is 0. The molecule has 0 aliphatic heterocycles. The Kier molecular flexibility index (Phi) is 19.9. The zero-order chi connectivity index (χ0) is 9.07. The second kappa shape index (κ2) is 11.2. The Hall–Kier alpha value is 1.73. The standard InChI is InChI=1S/C2H3O8P.3Na/c3-1(4)9-11(7,8)10-2(5)6;;;/h(H,3,4)(H,5,6)(H,7,8);;;/q;3*+1/p-3. The fourth-order valence-electron chi connectivity index (χ4n) is 0.201. The number of rotatable bonds is 2. The fraction of sp³-hybridized carbons (Fsp3) is 0. The van der Waals surface area contributed by atoms with Crippen LogP contribution in [0.5, 0.6) is 0 Å². The van der Waals surface area contributed by atoms with Crippen molar-refractivity contribution in [2.75, 3.05) is 0 Å². The van der Waals surface area contributed by atoms with Gasteiger partial charge < -0.3 is 33.7 Å². The van der Waals surface area contributed by atoms with Crippen LogP contribution in [0.1, 0.15) is 0 Å². The molecule has 0 aliphatic carbocycles. The molecule has 0 rings (SSSR count). The summed E-state index contributed by atoms with van der Waals surface area (Å²) in [7, 11) is -5.38. The van der Waals surface area contributed by atoms with E-state index in [2.05, 4.69) is 9.05 Å². The van der Waals surface area contributed by atoms with E-state index in [-0.39, 0.29) is 88.7 Å². The predicted octanol–water partition coefficient (Wildman–Crippen LogP) is -11.8. The van der Waals surface area contributed by atoms with Crippen LogP contribution in [0.25, 0.3) is 0 Å². The molecule has 0 saturated carbocycles. The Labute approximate surface area is 145 Å². The predicted molar refractivity (Wildman–Crippen MR) is 20.6 cm³/mol. The third-order valence-electron chi connectivity index (χ3n) is 0.373. The molecule has 0 N–H and O–H groups in total. The van der Waals surface area contributed by atoms with E-state index in [1.54, 1.807) is 0 Å². The van der Waals surface area contributed by atoms with Gasteiger partial charge in [-0.05, 0) is 0 Å². The second-order valence-corrected chi connectivity index (χ2v) is 2.39. The number of carbonyl (C=O) groups excluding carboxylic acids is 2. The van der Waals surface area contributed by atoms with E-state index >= 15 is 0 Å². The van der Waals surface area contributed by atoms with Crippen LogP contribution in [-0.4, -0.2) is 12.3 Å². The number of phosphoric acid groups is 1. The Morgan fingerprint density at radius 2 is 1.14 bits per heavy atom. The van der Waals surface area contributed by atoms with Gasteiger partial charge in [-0.15, -0.1) is 0 Å². The Morgan fingerprint density at radius 3 is 1.29 bits per heavy atom. The largest absolute Gasteiger partial charge is 1.00 e. The van der Waals surface area contributed by atoms with Crippen LogP contribution in [0.3, 0.4) is 0 Å². The van der Waals surface area contributed by atoms with Crippen LogP contribution in [0.15, 0.2) is 0 Å². The quantitative estimate of drug-likeness (QED) is 0.348. The summed E-state index contributed by atoms with van der Waals surface area (Å²) >= 11 is 0. The van der Waals surface area contributed by atoms with E-state index in [0.29, 0.717) is 0 Å². The molecule has 0 spiro atoms. The monoisotopic (exact) mass is 252 g/mol. The molecule has 0 radical (unpaired) electrons. The molecule has 0 unspecified atom stereocenters. The molecule has 0 aliphatic rings. The molecule has 12 heteroatoms. The van der Waals surface area contributed by atoms with E-state index in [0.717, 1.165) is 0 Å². The van der Waals surface area contributed by atoms with Gasteiger partial charge in [-0.1, -0.05) is 0 Å². The number of carboxylic acid groups (broad SMARTS) is 2. The minimum atomic E-state index is -5.38. The SMILES string of the molecule is O=C([O-])OP(=O)([O-])OC(=O)[O-].[Na+].[Na+].[Na+]. The smallest absolute Gasteiger partial charge is 0.767 e. The number of carbonyl (C=O) groups is 2. The maximum atomic E-state index is 9.99. The first-order valence-corrected chi connectivity index (χ1v) is 3.42. The van der Waals surface area contributed by atoms with Crippen LogP contribution in [0, 0.1) is 0 Å². The molecule has 0 saturated heterocycles. The average molecular weight is 252 g/mol. The maximum absolute atomic E-state index is 9.99. The number of hydrogen-bond acceptors (Lipinski definition) is 8. The van der Waals surface area contributed by atoms with Gasteiger partial charge in [0.1, 0.15) is 0 Å². The third kappa shape index (κ3) is 16.2. The maximum Gasteiger partial charge on any atom is 1.00 e. The van der Waals surface area contributed by atoms with E-state index in [1.165, 1.54) is 0 Å². The van der Waals surface area contributed by atoms with E-state index in [4.69, 9.17) is 0 Å². The fourth-order valence-corrected chi connectivity index (χ4v) is 0.604. The van der Waals surface area contributed by atoms with Gasteiger partial charge in [0.15, 0.2) is 0 Å². The first-order valence-electron chi connectivity index (χ1n) is 1.96. The molecule has 0 aromatic rings. The second-order valence-electron chi connectivity index (χ2n) is 1.13. The summed E-state index contributed by atoms with van der Waals surface area (Å²) in [6.07, 6.45) is -4.88. The van der Waals surface area contributed by atoms with E-state index in [9.17, 15) is 29.3 Å². The summed E-state index contributed by atoms with van der Waals surface area (Å²) in [5, 5.41) is 18.8. The summed E-state index contributed by atoms with van der Waals surface area (Å²) in [4.78, 5) is 28.8. The van der Waals surface area contributed by atoms with Crippen LogP contribution >= 0.6 is 7.82 Å². The topological polar surface area (TPSA) is 139 Å². The molecule has 0 heterocycles. The average Bonchev–Trinajstić information content (AvgIpc) is 1.53. The molecule has 0 fully saturated rings. The van der Waals surface area contributed by atoms with Gasteiger partial charge in [0, 0.05) is 0 Å². The molecule has 14 heavy (non-hydrogen) atoms. The van der Waals surface area contributed by atoms with E-state index < -0.39 is 20.1 Å². The van der Waals surface area contributed by atoms with Crippen molar-refractivity contribution in [2.45, 2.75) is 0 Å². The van der Waals surface area contributed by atoms with Crippen LogP contribution in [0.2, 0.25) is 0 Å².